The molecule has 0 amide bonds. The Labute approximate surface area is 107 Å². The van der Waals surface area contributed by atoms with Crippen molar-refractivity contribution in [2.75, 3.05) is 0 Å². The molecule has 94 valence electrons. The zero-order chi connectivity index (χ0) is 12.6. The maximum atomic E-state index is 12.1. The lowest BCUT2D eigenvalue weighted by molar-refractivity contribution is 0.00686. The number of carbonyl (C=O) groups excluding carboxylic acids is 1. The second-order valence-corrected chi connectivity index (χ2v) is 6.87. The molecule has 1 aromatic heterocycles. The summed E-state index contributed by atoms with van der Waals surface area (Å²) in [6, 6.07) is 0. The van der Waals surface area contributed by atoms with E-state index < -0.39 is 5.60 Å². The fourth-order valence-electron chi connectivity index (χ4n) is 2.18. The van der Waals surface area contributed by atoms with Crippen molar-refractivity contribution in [3.05, 3.63) is 21.4 Å². The van der Waals surface area contributed by atoms with Gasteiger partial charge in [0.15, 0.2) is 0 Å². The van der Waals surface area contributed by atoms with Gasteiger partial charge < -0.3 is 4.74 Å². The second kappa shape index (κ2) is 4.45. The maximum Gasteiger partial charge on any atom is 0.339 e. The highest BCUT2D eigenvalue weighted by Gasteiger charge is 2.26. The van der Waals surface area contributed by atoms with Crippen molar-refractivity contribution in [2.24, 2.45) is 5.92 Å². The Morgan fingerprint density at radius 2 is 2.18 bits per heavy atom. The SMILES string of the molecule is CC1CCc2c(C(=O)OC(C)(C)C)csc2C1. The third-order valence-corrected chi connectivity index (χ3v) is 4.07. The van der Waals surface area contributed by atoms with E-state index in [1.165, 1.54) is 16.9 Å². The van der Waals surface area contributed by atoms with Crippen LogP contribution in [0.2, 0.25) is 0 Å². The van der Waals surface area contributed by atoms with Crippen LogP contribution in [0.25, 0.3) is 0 Å². The average Bonchev–Trinajstić information content (AvgIpc) is 2.57. The van der Waals surface area contributed by atoms with Crippen molar-refractivity contribution < 1.29 is 9.53 Å². The number of rotatable bonds is 1. The van der Waals surface area contributed by atoms with Gasteiger partial charge in [0.1, 0.15) is 5.60 Å². The molecule has 1 heterocycles. The third kappa shape index (κ3) is 2.89. The molecule has 17 heavy (non-hydrogen) atoms. The Morgan fingerprint density at radius 3 is 2.82 bits per heavy atom. The summed E-state index contributed by atoms with van der Waals surface area (Å²) in [5.74, 6) is 0.581. The summed E-state index contributed by atoms with van der Waals surface area (Å²) >= 11 is 1.71. The molecule has 0 bridgehead atoms. The van der Waals surface area contributed by atoms with Gasteiger partial charge in [-0.15, -0.1) is 11.3 Å². The Balaban J connectivity index is 2.20. The number of thiophene rings is 1. The quantitative estimate of drug-likeness (QED) is 0.710. The van der Waals surface area contributed by atoms with Crippen molar-refractivity contribution in [3.63, 3.8) is 0 Å². The fraction of sp³-hybridized carbons (Fsp3) is 0.643. The van der Waals surface area contributed by atoms with E-state index >= 15 is 0 Å². The molecule has 0 fully saturated rings. The predicted molar refractivity (Wildman–Crippen MR) is 70.7 cm³/mol. The molecular formula is C14H20O2S. The summed E-state index contributed by atoms with van der Waals surface area (Å²) in [4.78, 5) is 13.4. The molecule has 3 heteroatoms. The topological polar surface area (TPSA) is 26.3 Å². The van der Waals surface area contributed by atoms with E-state index in [1.807, 2.05) is 26.2 Å². The number of esters is 1. The lowest BCUT2D eigenvalue weighted by Crippen LogP contribution is -2.24. The normalized spacial score (nSPS) is 19.9. The van der Waals surface area contributed by atoms with E-state index in [0.717, 1.165) is 24.3 Å². The van der Waals surface area contributed by atoms with Crippen LogP contribution in [0.1, 0.15) is 54.9 Å². The van der Waals surface area contributed by atoms with Gasteiger partial charge in [0.2, 0.25) is 0 Å². The molecule has 1 atom stereocenters. The first-order valence-electron chi connectivity index (χ1n) is 6.19. The summed E-state index contributed by atoms with van der Waals surface area (Å²) in [7, 11) is 0. The standard InChI is InChI=1S/C14H20O2S/c1-9-5-6-10-11(8-17-12(10)7-9)13(15)16-14(2,3)4/h8-9H,5-7H2,1-4H3. The highest BCUT2D eigenvalue weighted by Crippen LogP contribution is 2.33. The second-order valence-electron chi connectivity index (χ2n) is 5.90. The van der Waals surface area contributed by atoms with Crippen LogP contribution in [0.3, 0.4) is 0 Å². The van der Waals surface area contributed by atoms with Crippen LogP contribution in [0, 0.1) is 5.92 Å². The molecule has 0 saturated heterocycles. The van der Waals surface area contributed by atoms with Crippen molar-refractivity contribution in [2.45, 2.75) is 52.6 Å². The summed E-state index contributed by atoms with van der Waals surface area (Å²) in [5, 5.41) is 1.97. The molecule has 1 unspecified atom stereocenters. The smallest absolute Gasteiger partial charge is 0.339 e. The Kier molecular flexibility index (Phi) is 3.30. The van der Waals surface area contributed by atoms with Gasteiger partial charge in [-0.1, -0.05) is 6.92 Å². The largest absolute Gasteiger partial charge is 0.456 e. The number of hydrogen-bond acceptors (Lipinski definition) is 3. The van der Waals surface area contributed by atoms with E-state index in [9.17, 15) is 4.79 Å². The van der Waals surface area contributed by atoms with E-state index in [0.29, 0.717) is 0 Å². The number of hydrogen-bond donors (Lipinski definition) is 0. The fourth-order valence-corrected chi connectivity index (χ4v) is 3.42. The van der Waals surface area contributed by atoms with Crippen molar-refractivity contribution >= 4 is 17.3 Å². The van der Waals surface area contributed by atoms with Crippen molar-refractivity contribution in [1.82, 2.24) is 0 Å². The summed E-state index contributed by atoms with van der Waals surface area (Å²) in [5.41, 5.74) is 1.63. The molecule has 2 rings (SSSR count). The Bertz CT molecular complexity index is 426. The molecule has 1 aromatic rings. The molecule has 0 saturated carbocycles. The van der Waals surface area contributed by atoms with Crippen LogP contribution in [0.15, 0.2) is 5.38 Å². The van der Waals surface area contributed by atoms with Crippen LogP contribution in [-0.4, -0.2) is 11.6 Å². The average molecular weight is 252 g/mol. The van der Waals surface area contributed by atoms with Gasteiger partial charge in [-0.25, -0.2) is 4.79 Å². The van der Waals surface area contributed by atoms with Gasteiger partial charge >= 0.3 is 5.97 Å². The van der Waals surface area contributed by atoms with Crippen LogP contribution in [0.5, 0.6) is 0 Å². The zero-order valence-electron chi connectivity index (χ0n) is 11.0. The van der Waals surface area contributed by atoms with Crippen molar-refractivity contribution in [1.29, 1.82) is 0 Å². The molecule has 2 nitrogen and oxygen atoms in total. The number of fused-ring (bicyclic) bond motifs is 1. The maximum absolute atomic E-state index is 12.1. The molecule has 1 aliphatic carbocycles. The van der Waals surface area contributed by atoms with E-state index in [-0.39, 0.29) is 5.97 Å². The first-order chi connectivity index (χ1) is 7.87. The first kappa shape index (κ1) is 12.6. The number of carbonyl (C=O) groups is 1. The van der Waals surface area contributed by atoms with Crippen LogP contribution in [-0.2, 0) is 17.6 Å². The number of ether oxygens (including phenoxy) is 1. The Hall–Kier alpha value is -0.830. The Morgan fingerprint density at radius 1 is 1.47 bits per heavy atom. The first-order valence-corrected chi connectivity index (χ1v) is 7.07. The minimum absolute atomic E-state index is 0.162. The minimum Gasteiger partial charge on any atom is -0.456 e. The molecule has 1 aliphatic rings. The third-order valence-electron chi connectivity index (χ3n) is 3.02. The molecule has 0 aliphatic heterocycles. The van der Waals surface area contributed by atoms with Gasteiger partial charge in [-0.2, -0.15) is 0 Å². The molecular weight excluding hydrogens is 232 g/mol. The van der Waals surface area contributed by atoms with Crippen molar-refractivity contribution in [3.8, 4) is 0 Å². The van der Waals surface area contributed by atoms with E-state index in [4.69, 9.17) is 4.74 Å². The van der Waals surface area contributed by atoms with Gasteiger partial charge in [0.05, 0.1) is 5.56 Å². The van der Waals surface area contributed by atoms with Crippen LogP contribution < -0.4 is 0 Å². The molecule has 0 radical (unpaired) electrons. The van der Waals surface area contributed by atoms with Crippen LogP contribution >= 0.6 is 11.3 Å². The predicted octanol–water partition coefficient (Wildman–Crippen LogP) is 3.83. The lowest BCUT2D eigenvalue weighted by atomic mass is 9.88. The summed E-state index contributed by atoms with van der Waals surface area (Å²) < 4.78 is 5.44. The molecule has 0 aromatic carbocycles. The summed E-state index contributed by atoms with van der Waals surface area (Å²) in [6.07, 6.45) is 3.32. The highest BCUT2D eigenvalue weighted by molar-refractivity contribution is 7.10. The summed E-state index contributed by atoms with van der Waals surface area (Å²) in [6.45, 7) is 8.00. The van der Waals surface area contributed by atoms with Crippen LogP contribution in [0.4, 0.5) is 0 Å². The van der Waals surface area contributed by atoms with Gasteiger partial charge in [-0.3, -0.25) is 0 Å². The molecule has 0 N–H and O–H groups in total. The minimum atomic E-state index is -0.409. The zero-order valence-corrected chi connectivity index (χ0v) is 11.8. The van der Waals surface area contributed by atoms with Gasteiger partial charge in [0, 0.05) is 10.3 Å². The lowest BCUT2D eigenvalue weighted by Gasteiger charge is -2.21. The van der Waals surface area contributed by atoms with Gasteiger partial charge in [-0.05, 0) is 51.5 Å². The molecule has 0 spiro atoms. The highest BCUT2D eigenvalue weighted by atomic mass is 32.1. The van der Waals surface area contributed by atoms with E-state index in [1.54, 1.807) is 11.3 Å². The van der Waals surface area contributed by atoms with E-state index in [2.05, 4.69) is 6.92 Å². The van der Waals surface area contributed by atoms with Gasteiger partial charge in [0.25, 0.3) is 0 Å². The monoisotopic (exact) mass is 252 g/mol.